The van der Waals surface area contributed by atoms with Crippen LogP contribution in [-0.4, -0.2) is 53.8 Å². The Morgan fingerprint density at radius 2 is 1.29 bits per heavy atom. The average Bonchev–Trinajstić information content (AvgIpc) is 3.08. The topological polar surface area (TPSA) is 117 Å². The third-order valence-corrected chi connectivity index (χ3v) is 7.56. The summed E-state index contributed by atoms with van der Waals surface area (Å²) >= 11 is 3.06. The maximum Gasteiger partial charge on any atom is 0.271 e. The zero-order valence-corrected chi connectivity index (χ0v) is 22.1. The van der Waals surface area contributed by atoms with Crippen LogP contribution < -0.4 is 9.80 Å². The highest BCUT2D eigenvalue weighted by Crippen LogP contribution is 2.36. The molecular weight excluding hydrogens is 488 g/mol. The summed E-state index contributed by atoms with van der Waals surface area (Å²) in [5.74, 6) is 1.18. The number of nitro benzene ring substituents is 2. The zero-order chi connectivity index (χ0) is 25.9. The minimum atomic E-state index is -0.480. The molecular formula is C23H28N6O4S2. The van der Waals surface area contributed by atoms with Crippen LogP contribution >= 0.6 is 23.5 Å². The standard InChI is InChI=1S/C23H28N6O4S2/c1-23(2)21(34-13-15-7-9-17(28(30)31)11-19(15)26(3)4)24-22(25-23)35-14-16-8-10-18(29(32)33)12-20(16)27(5)6/h7-12H,13-14H2,1-6H3. The molecule has 0 spiro atoms. The molecule has 0 aliphatic carbocycles. The Bertz CT molecular complexity index is 1210. The van der Waals surface area contributed by atoms with Crippen LogP contribution in [0.4, 0.5) is 22.7 Å². The van der Waals surface area contributed by atoms with Gasteiger partial charge in [-0.15, -0.1) is 11.8 Å². The van der Waals surface area contributed by atoms with E-state index < -0.39 is 15.4 Å². The lowest BCUT2D eigenvalue weighted by molar-refractivity contribution is -0.385. The molecule has 0 atom stereocenters. The van der Waals surface area contributed by atoms with E-state index in [0.717, 1.165) is 27.5 Å². The lowest BCUT2D eigenvalue weighted by atomic mass is 10.1. The Kier molecular flexibility index (Phi) is 8.06. The van der Waals surface area contributed by atoms with Crippen LogP contribution in [0.2, 0.25) is 0 Å². The van der Waals surface area contributed by atoms with Crippen molar-refractivity contribution < 1.29 is 9.85 Å². The van der Waals surface area contributed by atoms with Crippen LogP contribution in [-0.2, 0) is 11.5 Å². The molecule has 12 heteroatoms. The van der Waals surface area contributed by atoms with Gasteiger partial charge in [0.1, 0.15) is 10.6 Å². The maximum atomic E-state index is 11.2. The molecule has 1 aliphatic heterocycles. The molecule has 1 aliphatic rings. The second kappa shape index (κ2) is 10.6. The molecule has 2 aromatic carbocycles. The van der Waals surface area contributed by atoms with Gasteiger partial charge in [-0.1, -0.05) is 11.8 Å². The summed E-state index contributed by atoms with van der Waals surface area (Å²) in [6, 6.07) is 9.76. The maximum absolute atomic E-state index is 11.2. The fraction of sp³-hybridized carbons (Fsp3) is 0.391. The Morgan fingerprint density at radius 1 is 0.829 bits per heavy atom. The van der Waals surface area contributed by atoms with Crippen molar-refractivity contribution in [1.82, 2.24) is 0 Å². The van der Waals surface area contributed by atoms with Gasteiger partial charge in [-0.3, -0.25) is 20.2 Å². The van der Waals surface area contributed by atoms with Gasteiger partial charge < -0.3 is 9.80 Å². The molecule has 0 fully saturated rings. The van der Waals surface area contributed by atoms with Crippen LogP contribution in [0.25, 0.3) is 0 Å². The van der Waals surface area contributed by atoms with Crippen molar-refractivity contribution in [1.29, 1.82) is 0 Å². The van der Waals surface area contributed by atoms with Gasteiger partial charge in [0.15, 0.2) is 5.17 Å². The van der Waals surface area contributed by atoms with Gasteiger partial charge in [-0.25, -0.2) is 9.98 Å². The summed E-state index contributed by atoms with van der Waals surface area (Å²) in [6.07, 6.45) is 0. The van der Waals surface area contributed by atoms with E-state index in [4.69, 9.17) is 9.98 Å². The second-order valence-electron chi connectivity index (χ2n) is 8.88. The number of hydrogen-bond donors (Lipinski definition) is 0. The number of rotatable bonds is 8. The minimum absolute atomic E-state index is 0.0573. The first-order valence-corrected chi connectivity index (χ1v) is 12.7. The summed E-state index contributed by atoms with van der Waals surface area (Å²) in [5.41, 5.74) is 3.17. The number of nitrogens with zero attached hydrogens (tertiary/aromatic N) is 6. The second-order valence-corrected chi connectivity index (χ2v) is 10.8. The van der Waals surface area contributed by atoms with Gasteiger partial charge in [0.2, 0.25) is 0 Å². The first kappa shape index (κ1) is 26.5. The van der Waals surface area contributed by atoms with E-state index >= 15 is 0 Å². The van der Waals surface area contributed by atoms with Crippen LogP contribution in [0.1, 0.15) is 25.0 Å². The third kappa shape index (κ3) is 6.31. The van der Waals surface area contributed by atoms with Crippen molar-refractivity contribution in [3.05, 3.63) is 67.8 Å². The minimum Gasteiger partial charge on any atom is -0.377 e. The SMILES string of the molecule is CN(C)c1cc([N+](=O)[O-])ccc1CSC1=NC(C)(C)C(SCc2ccc([N+](=O)[O-])cc2N(C)C)=N1. The van der Waals surface area contributed by atoms with E-state index in [1.165, 1.54) is 23.9 Å². The molecule has 35 heavy (non-hydrogen) atoms. The molecule has 0 N–H and O–H groups in total. The van der Waals surface area contributed by atoms with Crippen molar-refractivity contribution in [3.8, 4) is 0 Å². The van der Waals surface area contributed by atoms with Crippen molar-refractivity contribution in [3.63, 3.8) is 0 Å². The Labute approximate surface area is 212 Å². The summed E-state index contributed by atoms with van der Waals surface area (Å²) in [4.78, 5) is 34.8. The summed E-state index contributed by atoms with van der Waals surface area (Å²) < 4.78 is 0. The molecule has 0 radical (unpaired) electrons. The fourth-order valence-electron chi connectivity index (χ4n) is 3.51. The first-order chi connectivity index (χ1) is 16.4. The number of anilines is 2. The molecule has 0 unspecified atom stereocenters. The summed E-state index contributed by atoms with van der Waals surface area (Å²) in [6.45, 7) is 4.01. The van der Waals surface area contributed by atoms with E-state index in [1.54, 1.807) is 36.0 Å². The number of aliphatic imine (C=N–C) groups is 2. The van der Waals surface area contributed by atoms with Gasteiger partial charge in [0.25, 0.3) is 11.4 Å². The molecule has 0 bridgehead atoms. The van der Waals surface area contributed by atoms with Crippen LogP contribution in [0.3, 0.4) is 0 Å². The monoisotopic (exact) mass is 516 g/mol. The number of non-ortho nitro benzene ring substituents is 2. The number of hydrogen-bond acceptors (Lipinski definition) is 10. The van der Waals surface area contributed by atoms with Gasteiger partial charge in [-0.05, 0) is 37.1 Å². The molecule has 0 saturated heterocycles. The zero-order valence-electron chi connectivity index (χ0n) is 20.5. The van der Waals surface area contributed by atoms with Crippen molar-refractivity contribution in [2.45, 2.75) is 30.9 Å². The van der Waals surface area contributed by atoms with Crippen LogP contribution in [0.15, 0.2) is 46.4 Å². The Balaban J connectivity index is 1.73. The van der Waals surface area contributed by atoms with E-state index in [0.29, 0.717) is 16.7 Å². The van der Waals surface area contributed by atoms with E-state index in [-0.39, 0.29) is 11.4 Å². The van der Waals surface area contributed by atoms with Gasteiger partial charge in [0, 0.05) is 75.3 Å². The summed E-state index contributed by atoms with van der Waals surface area (Å²) in [5, 5.41) is 23.8. The Morgan fingerprint density at radius 3 is 1.71 bits per heavy atom. The predicted molar refractivity (Wildman–Crippen MR) is 146 cm³/mol. The van der Waals surface area contributed by atoms with Crippen LogP contribution in [0, 0.1) is 20.2 Å². The number of amidine groups is 1. The number of benzene rings is 2. The van der Waals surface area contributed by atoms with E-state index in [9.17, 15) is 20.2 Å². The molecule has 0 amide bonds. The van der Waals surface area contributed by atoms with Crippen LogP contribution in [0.5, 0.6) is 0 Å². The normalized spacial score (nSPS) is 14.3. The lowest BCUT2D eigenvalue weighted by Gasteiger charge is -2.19. The molecule has 0 saturated carbocycles. The van der Waals surface area contributed by atoms with Gasteiger partial charge >= 0.3 is 0 Å². The highest BCUT2D eigenvalue weighted by atomic mass is 32.2. The average molecular weight is 517 g/mol. The quantitative estimate of drug-likeness (QED) is 0.340. The summed E-state index contributed by atoms with van der Waals surface area (Å²) in [7, 11) is 7.44. The van der Waals surface area contributed by atoms with Crippen molar-refractivity contribution in [2.75, 3.05) is 38.0 Å². The molecule has 2 aromatic rings. The van der Waals surface area contributed by atoms with E-state index in [1.807, 2.05) is 51.8 Å². The number of nitro groups is 2. The van der Waals surface area contributed by atoms with Crippen molar-refractivity contribution >= 4 is 56.5 Å². The molecule has 3 rings (SSSR count). The molecule has 0 aromatic heterocycles. The predicted octanol–water partition coefficient (Wildman–Crippen LogP) is 5.35. The highest BCUT2D eigenvalue weighted by Gasteiger charge is 2.31. The first-order valence-electron chi connectivity index (χ1n) is 10.7. The van der Waals surface area contributed by atoms with Gasteiger partial charge in [-0.2, -0.15) is 0 Å². The highest BCUT2D eigenvalue weighted by molar-refractivity contribution is 8.15. The molecule has 10 nitrogen and oxygen atoms in total. The molecule has 1 heterocycles. The lowest BCUT2D eigenvalue weighted by Crippen LogP contribution is -2.23. The fourth-order valence-corrected chi connectivity index (χ4v) is 5.63. The largest absolute Gasteiger partial charge is 0.377 e. The number of thioether (sulfide) groups is 2. The smallest absolute Gasteiger partial charge is 0.271 e. The molecule has 186 valence electrons. The van der Waals surface area contributed by atoms with E-state index in [2.05, 4.69) is 0 Å². The van der Waals surface area contributed by atoms with Gasteiger partial charge in [0.05, 0.1) is 9.85 Å². The third-order valence-electron chi connectivity index (χ3n) is 5.34. The van der Waals surface area contributed by atoms with Crippen molar-refractivity contribution in [2.24, 2.45) is 9.98 Å². The Hall–Kier alpha value is -3.12.